The van der Waals surface area contributed by atoms with Crippen LogP contribution in [-0.2, 0) is 0 Å². The van der Waals surface area contributed by atoms with Gasteiger partial charge >= 0.3 is 0 Å². The van der Waals surface area contributed by atoms with Crippen molar-refractivity contribution in [3.05, 3.63) is 0 Å². The molecule has 0 heterocycles. The van der Waals surface area contributed by atoms with Crippen LogP contribution in [0.5, 0.6) is 0 Å². The molecule has 0 aromatic carbocycles. The molecule has 2 saturated carbocycles. The van der Waals surface area contributed by atoms with Gasteiger partial charge < -0.3 is 10.0 Å². The average molecular weight is 253 g/mol. The average Bonchev–Trinajstić information content (AvgIpc) is 2.39. The Morgan fingerprint density at radius 1 is 1.06 bits per heavy atom. The van der Waals surface area contributed by atoms with E-state index in [1.165, 1.54) is 57.8 Å². The summed E-state index contributed by atoms with van der Waals surface area (Å²) < 4.78 is 0. The lowest BCUT2D eigenvalue weighted by Gasteiger charge is -2.37. The first-order chi connectivity index (χ1) is 8.66. The molecule has 2 aliphatic carbocycles. The normalized spacial score (nSPS) is 32.7. The summed E-state index contributed by atoms with van der Waals surface area (Å²) in [4.78, 5) is 2.44. The third-order valence-electron chi connectivity index (χ3n) is 5.20. The molecule has 0 spiro atoms. The zero-order valence-corrected chi connectivity index (χ0v) is 12.3. The summed E-state index contributed by atoms with van der Waals surface area (Å²) >= 11 is 0. The second-order valence-corrected chi connectivity index (χ2v) is 6.83. The Morgan fingerprint density at radius 2 is 1.78 bits per heavy atom. The molecule has 18 heavy (non-hydrogen) atoms. The van der Waals surface area contributed by atoms with Gasteiger partial charge in [-0.1, -0.05) is 39.0 Å². The fourth-order valence-corrected chi connectivity index (χ4v) is 3.91. The van der Waals surface area contributed by atoms with Gasteiger partial charge in [-0.3, -0.25) is 0 Å². The van der Waals surface area contributed by atoms with Gasteiger partial charge in [0.25, 0.3) is 0 Å². The van der Waals surface area contributed by atoms with Crippen molar-refractivity contribution in [3.8, 4) is 0 Å². The van der Waals surface area contributed by atoms with Crippen LogP contribution in [0.25, 0.3) is 0 Å². The van der Waals surface area contributed by atoms with Gasteiger partial charge in [0.1, 0.15) is 0 Å². The summed E-state index contributed by atoms with van der Waals surface area (Å²) in [6, 6.07) is 0.715. The van der Waals surface area contributed by atoms with E-state index in [4.69, 9.17) is 0 Å². The highest BCUT2D eigenvalue weighted by atomic mass is 16.3. The fourth-order valence-electron chi connectivity index (χ4n) is 3.91. The molecule has 0 saturated heterocycles. The van der Waals surface area contributed by atoms with Crippen LogP contribution in [-0.4, -0.2) is 35.7 Å². The SMILES string of the molecule is CC1CCCC(N(C)CC(O)C2CCCCC2)C1. The lowest BCUT2D eigenvalue weighted by atomic mass is 9.83. The summed E-state index contributed by atoms with van der Waals surface area (Å²) in [5.41, 5.74) is 0. The van der Waals surface area contributed by atoms with Crippen LogP contribution in [0.3, 0.4) is 0 Å². The van der Waals surface area contributed by atoms with Crippen molar-refractivity contribution in [2.24, 2.45) is 11.8 Å². The molecule has 106 valence electrons. The van der Waals surface area contributed by atoms with Crippen molar-refractivity contribution in [1.82, 2.24) is 4.90 Å². The first-order valence-corrected chi connectivity index (χ1v) is 8.05. The predicted molar refractivity (Wildman–Crippen MR) is 76.6 cm³/mol. The Bertz CT molecular complexity index is 237. The van der Waals surface area contributed by atoms with Gasteiger partial charge in [0.15, 0.2) is 0 Å². The molecule has 1 N–H and O–H groups in total. The smallest absolute Gasteiger partial charge is 0.0695 e. The highest BCUT2D eigenvalue weighted by molar-refractivity contribution is 4.81. The van der Waals surface area contributed by atoms with Crippen molar-refractivity contribution in [2.45, 2.75) is 76.9 Å². The molecule has 0 aromatic heterocycles. The van der Waals surface area contributed by atoms with Crippen molar-refractivity contribution >= 4 is 0 Å². The zero-order chi connectivity index (χ0) is 13.0. The van der Waals surface area contributed by atoms with Crippen LogP contribution in [0.4, 0.5) is 0 Å². The lowest BCUT2D eigenvalue weighted by molar-refractivity contribution is 0.0337. The zero-order valence-electron chi connectivity index (χ0n) is 12.3. The van der Waals surface area contributed by atoms with E-state index in [0.29, 0.717) is 12.0 Å². The number of rotatable bonds is 4. The monoisotopic (exact) mass is 253 g/mol. The van der Waals surface area contributed by atoms with Crippen molar-refractivity contribution in [1.29, 1.82) is 0 Å². The Hall–Kier alpha value is -0.0800. The molecular weight excluding hydrogens is 222 g/mol. The number of aliphatic hydroxyl groups is 1. The second kappa shape index (κ2) is 6.91. The molecule has 3 unspecified atom stereocenters. The molecular formula is C16H31NO. The molecule has 2 heteroatoms. The Kier molecular flexibility index (Phi) is 5.50. The number of nitrogens with zero attached hydrogens (tertiary/aromatic N) is 1. The largest absolute Gasteiger partial charge is 0.392 e. The fraction of sp³-hybridized carbons (Fsp3) is 1.00. The number of likely N-dealkylation sites (N-methyl/N-ethyl adjacent to an activating group) is 1. The van der Waals surface area contributed by atoms with Crippen LogP contribution < -0.4 is 0 Å². The number of aliphatic hydroxyl groups excluding tert-OH is 1. The molecule has 0 aliphatic heterocycles. The standard InChI is InChI=1S/C16H31NO/c1-13-7-6-10-15(11-13)17(2)12-16(18)14-8-4-3-5-9-14/h13-16,18H,3-12H2,1-2H3. The predicted octanol–water partition coefficient (Wildman–Crippen LogP) is 3.44. The molecule has 2 fully saturated rings. The molecule has 0 bridgehead atoms. The minimum Gasteiger partial charge on any atom is -0.392 e. The number of hydrogen-bond donors (Lipinski definition) is 1. The summed E-state index contributed by atoms with van der Waals surface area (Å²) in [7, 11) is 2.22. The second-order valence-electron chi connectivity index (χ2n) is 6.83. The van der Waals surface area contributed by atoms with E-state index in [1.54, 1.807) is 0 Å². The summed E-state index contributed by atoms with van der Waals surface area (Å²) in [5, 5.41) is 10.4. The van der Waals surface area contributed by atoms with Gasteiger partial charge in [-0.2, -0.15) is 0 Å². The Labute approximate surface area is 113 Å². The third-order valence-corrected chi connectivity index (χ3v) is 5.20. The van der Waals surface area contributed by atoms with Gasteiger partial charge in [-0.25, -0.2) is 0 Å². The van der Waals surface area contributed by atoms with Gasteiger partial charge in [-0.05, 0) is 44.6 Å². The summed E-state index contributed by atoms with van der Waals surface area (Å²) in [6.07, 6.45) is 11.9. The lowest BCUT2D eigenvalue weighted by Crippen LogP contribution is -2.42. The third kappa shape index (κ3) is 3.96. The Morgan fingerprint density at radius 3 is 2.44 bits per heavy atom. The van der Waals surface area contributed by atoms with E-state index in [1.807, 2.05) is 0 Å². The van der Waals surface area contributed by atoms with E-state index in [0.717, 1.165) is 12.5 Å². The minimum atomic E-state index is -0.0902. The van der Waals surface area contributed by atoms with E-state index >= 15 is 0 Å². The maximum absolute atomic E-state index is 10.4. The van der Waals surface area contributed by atoms with Crippen LogP contribution in [0.15, 0.2) is 0 Å². The topological polar surface area (TPSA) is 23.5 Å². The highest BCUT2D eigenvalue weighted by Crippen LogP contribution is 2.29. The van der Waals surface area contributed by atoms with E-state index in [9.17, 15) is 5.11 Å². The Balaban J connectivity index is 1.76. The quantitative estimate of drug-likeness (QED) is 0.829. The van der Waals surface area contributed by atoms with Gasteiger partial charge in [-0.15, -0.1) is 0 Å². The van der Waals surface area contributed by atoms with Gasteiger partial charge in [0.2, 0.25) is 0 Å². The first-order valence-electron chi connectivity index (χ1n) is 8.05. The molecule has 2 nitrogen and oxygen atoms in total. The minimum absolute atomic E-state index is 0.0902. The molecule has 2 rings (SSSR count). The van der Waals surface area contributed by atoms with E-state index in [-0.39, 0.29) is 6.10 Å². The van der Waals surface area contributed by atoms with Crippen LogP contribution in [0, 0.1) is 11.8 Å². The molecule has 0 aromatic rings. The molecule has 3 atom stereocenters. The van der Waals surface area contributed by atoms with Crippen LogP contribution >= 0.6 is 0 Å². The van der Waals surface area contributed by atoms with Crippen LogP contribution in [0.1, 0.15) is 64.7 Å². The molecule has 0 amide bonds. The number of hydrogen-bond acceptors (Lipinski definition) is 2. The van der Waals surface area contributed by atoms with Crippen molar-refractivity contribution in [2.75, 3.05) is 13.6 Å². The highest BCUT2D eigenvalue weighted by Gasteiger charge is 2.27. The van der Waals surface area contributed by atoms with Crippen LogP contribution in [0.2, 0.25) is 0 Å². The van der Waals surface area contributed by atoms with Crippen molar-refractivity contribution in [3.63, 3.8) is 0 Å². The van der Waals surface area contributed by atoms with E-state index < -0.39 is 0 Å². The molecule has 2 aliphatic rings. The van der Waals surface area contributed by atoms with Crippen molar-refractivity contribution < 1.29 is 5.11 Å². The summed E-state index contributed by atoms with van der Waals surface area (Å²) in [5.74, 6) is 1.44. The first kappa shape index (κ1) is 14.3. The maximum Gasteiger partial charge on any atom is 0.0695 e. The molecule has 0 radical (unpaired) electrons. The maximum atomic E-state index is 10.4. The van der Waals surface area contributed by atoms with Gasteiger partial charge in [0.05, 0.1) is 6.10 Å². The van der Waals surface area contributed by atoms with Gasteiger partial charge in [0, 0.05) is 12.6 Å². The van der Waals surface area contributed by atoms with E-state index in [2.05, 4.69) is 18.9 Å². The summed E-state index contributed by atoms with van der Waals surface area (Å²) in [6.45, 7) is 3.26.